The van der Waals surface area contributed by atoms with E-state index in [1.807, 2.05) is 6.20 Å². The lowest BCUT2D eigenvalue weighted by Gasteiger charge is -2.36. The monoisotopic (exact) mass is 300 g/mol. The van der Waals surface area contributed by atoms with Crippen LogP contribution in [0.25, 0.3) is 0 Å². The highest BCUT2D eigenvalue weighted by Crippen LogP contribution is 2.25. The van der Waals surface area contributed by atoms with Crippen LogP contribution in [0.1, 0.15) is 49.8 Å². The van der Waals surface area contributed by atoms with Crippen molar-refractivity contribution < 1.29 is 4.79 Å². The van der Waals surface area contributed by atoms with Crippen LogP contribution in [0.5, 0.6) is 0 Å². The lowest BCUT2D eigenvalue weighted by molar-refractivity contribution is -0.130. The van der Waals surface area contributed by atoms with Crippen LogP contribution >= 0.6 is 0 Å². The number of aromatic nitrogens is 2. The summed E-state index contributed by atoms with van der Waals surface area (Å²) in [5.74, 6) is 1.25. The Morgan fingerprint density at radius 3 is 2.59 bits per heavy atom. The van der Waals surface area contributed by atoms with Crippen LogP contribution < -0.4 is 4.90 Å². The smallest absolute Gasteiger partial charge is 0.225 e. The highest BCUT2D eigenvalue weighted by atomic mass is 16.2. The van der Waals surface area contributed by atoms with E-state index in [0.29, 0.717) is 11.9 Å². The molecule has 2 aliphatic heterocycles. The quantitative estimate of drug-likeness (QED) is 0.837. The molecule has 0 bridgehead atoms. The van der Waals surface area contributed by atoms with E-state index in [4.69, 9.17) is 4.98 Å². The third-order valence-corrected chi connectivity index (χ3v) is 5.35. The van der Waals surface area contributed by atoms with Crippen LogP contribution in [-0.4, -0.2) is 46.5 Å². The van der Waals surface area contributed by atoms with Crippen molar-refractivity contribution in [3.8, 4) is 0 Å². The Morgan fingerprint density at radius 1 is 1.00 bits per heavy atom. The first-order valence-corrected chi connectivity index (χ1v) is 8.70. The predicted molar refractivity (Wildman–Crippen MR) is 84.9 cm³/mol. The molecule has 0 N–H and O–H groups in total. The maximum absolute atomic E-state index is 11.9. The first-order chi connectivity index (χ1) is 10.8. The van der Waals surface area contributed by atoms with Crippen molar-refractivity contribution >= 4 is 11.9 Å². The summed E-state index contributed by atoms with van der Waals surface area (Å²) >= 11 is 0. The van der Waals surface area contributed by atoms with Gasteiger partial charge in [-0.2, -0.15) is 0 Å². The number of anilines is 1. The Labute approximate surface area is 131 Å². The van der Waals surface area contributed by atoms with Crippen molar-refractivity contribution in [3.63, 3.8) is 0 Å². The van der Waals surface area contributed by atoms with Gasteiger partial charge in [-0.15, -0.1) is 0 Å². The topological polar surface area (TPSA) is 49.3 Å². The number of aryl methyl sites for hydroxylation is 2. The molecule has 5 heteroatoms. The van der Waals surface area contributed by atoms with E-state index in [9.17, 15) is 4.79 Å². The van der Waals surface area contributed by atoms with Crippen molar-refractivity contribution in [1.82, 2.24) is 14.9 Å². The number of hydrogen-bond acceptors (Lipinski definition) is 4. The molecular weight excluding hydrogens is 276 g/mol. The normalized spacial score (nSPS) is 23.0. The zero-order valence-corrected chi connectivity index (χ0v) is 13.1. The second-order valence-corrected chi connectivity index (χ2v) is 6.76. The summed E-state index contributed by atoms with van der Waals surface area (Å²) in [5, 5.41) is 0. The van der Waals surface area contributed by atoms with E-state index < -0.39 is 0 Å². The molecule has 2 saturated heterocycles. The number of nitrogens with zero attached hydrogens (tertiary/aromatic N) is 4. The fourth-order valence-corrected chi connectivity index (χ4v) is 4.05. The average molecular weight is 300 g/mol. The molecule has 1 aromatic rings. The number of likely N-dealkylation sites (tertiary alicyclic amines) is 1. The summed E-state index contributed by atoms with van der Waals surface area (Å²) in [7, 11) is 0. The molecule has 0 aromatic carbocycles. The molecule has 22 heavy (non-hydrogen) atoms. The van der Waals surface area contributed by atoms with Gasteiger partial charge in [0.25, 0.3) is 0 Å². The van der Waals surface area contributed by atoms with Gasteiger partial charge in [-0.1, -0.05) is 0 Å². The molecule has 3 heterocycles. The Balaban J connectivity index is 1.42. The molecule has 5 nitrogen and oxygen atoms in total. The average Bonchev–Trinajstić information content (AvgIpc) is 3.01. The minimum absolute atomic E-state index is 0.350. The van der Waals surface area contributed by atoms with Gasteiger partial charge in [0.1, 0.15) is 0 Å². The fraction of sp³-hybridized carbons (Fsp3) is 0.706. The van der Waals surface area contributed by atoms with Crippen molar-refractivity contribution in [2.24, 2.45) is 0 Å². The Hall–Kier alpha value is -1.65. The standard InChI is InChI=1S/C17H24N4O/c22-16-6-3-9-21(16)14-7-10-20(11-8-14)17-18-12-13-4-1-2-5-15(13)19-17/h12,14H,1-11H2. The summed E-state index contributed by atoms with van der Waals surface area (Å²) in [4.78, 5) is 25.7. The Bertz CT molecular complexity index is 566. The minimum Gasteiger partial charge on any atom is -0.341 e. The van der Waals surface area contributed by atoms with E-state index in [1.165, 1.54) is 24.1 Å². The molecule has 4 rings (SSSR count). The highest BCUT2D eigenvalue weighted by molar-refractivity contribution is 5.78. The molecule has 3 aliphatic rings. The number of carbonyl (C=O) groups is 1. The minimum atomic E-state index is 0.350. The van der Waals surface area contributed by atoms with Crippen LogP contribution in [-0.2, 0) is 17.6 Å². The van der Waals surface area contributed by atoms with Crippen molar-refractivity contribution in [3.05, 3.63) is 17.5 Å². The molecule has 0 unspecified atom stereocenters. The molecule has 0 spiro atoms. The molecule has 2 fully saturated rings. The third kappa shape index (κ3) is 2.57. The lowest BCUT2D eigenvalue weighted by Crippen LogP contribution is -2.45. The van der Waals surface area contributed by atoms with Crippen LogP contribution in [0.3, 0.4) is 0 Å². The van der Waals surface area contributed by atoms with Crippen molar-refractivity contribution in [2.45, 2.75) is 57.4 Å². The molecule has 0 atom stereocenters. The van der Waals surface area contributed by atoms with E-state index in [1.54, 1.807) is 0 Å². The first kappa shape index (κ1) is 14.0. The van der Waals surface area contributed by atoms with E-state index in [2.05, 4.69) is 14.8 Å². The summed E-state index contributed by atoms with van der Waals surface area (Å²) in [6, 6.07) is 0.434. The Kier molecular flexibility index (Phi) is 3.72. The van der Waals surface area contributed by atoms with E-state index in [-0.39, 0.29) is 0 Å². The number of fused-ring (bicyclic) bond motifs is 1. The second-order valence-electron chi connectivity index (χ2n) is 6.76. The number of amides is 1. The summed E-state index contributed by atoms with van der Waals surface area (Å²) < 4.78 is 0. The van der Waals surface area contributed by atoms with Crippen LogP contribution in [0.4, 0.5) is 5.95 Å². The van der Waals surface area contributed by atoms with E-state index >= 15 is 0 Å². The molecule has 1 aromatic heterocycles. The zero-order chi connectivity index (χ0) is 14.9. The highest BCUT2D eigenvalue weighted by Gasteiger charge is 2.31. The van der Waals surface area contributed by atoms with Crippen LogP contribution in [0.2, 0.25) is 0 Å². The number of rotatable bonds is 2. The SMILES string of the molecule is O=C1CCCN1C1CCN(c2ncc3c(n2)CCCC3)CC1. The maximum atomic E-state index is 11.9. The molecule has 0 saturated carbocycles. The molecule has 1 amide bonds. The molecule has 0 radical (unpaired) electrons. The molecule has 118 valence electrons. The first-order valence-electron chi connectivity index (χ1n) is 8.70. The van der Waals surface area contributed by atoms with Gasteiger partial charge in [0.2, 0.25) is 11.9 Å². The van der Waals surface area contributed by atoms with Gasteiger partial charge in [0, 0.05) is 44.0 Å². The van der Waals surface area contributed by atoms with Gasteiger partial charge in [0.15, 0.2) is 0 Å². The summed E-state index contributed by atoms with van der Waals surface area (Å²) in [5.41, 5.74) is 2.60. The van der Waals surface area contributed by atoms with Crippen molar-refractivity contribution in [2.75, 3.05) is 24.5 Å². The van der Waals surface area contributed by atoms with Gasteiger partial charge in [-0.25, -0.2) is 9.97 Å². The van der Waals surface area contributed by atoms with Gasteiger partial charge in [0.05, 0.1) is 0 Å². The fourth-order valence-electron chi connectivity index (χ4n) is 4.05. The maximum Gasteiger partial charge on any atom is 0.225 e. The van der Waals surface area contributed by atoms with Gasteiger partial charge >= 0.3 is 0 Å². The number of carbonyl (C=O) groups excluding carboxylic acids is 1. The zero-order valence-electron chi connectivity index (χ0n) is 13.1. The number of piperidine rings is 1. The largest absolute Gasteiger partial charge is 0.341 e. The lowest BCUT2D eigenvalue weighted by atomic mass is 9.97. The second kappa shape index (κ2) is 5.86. The van der Waals surface area contributed by atoms with Gasteiger partial charge in [-0.05, 0) is 50.5 Å². The molecule has 1 aliphatic carbocycles. The third-order valence-electron chi connectivity index (χ3n) is 5.35. The summed E-state index contributed by atoms with van der Waals surface area (Å²) in [6.45, 7) is 2.89. The van der Waals surface area contributed by atoms with Crippen molar-refractivity contribution in [1.29, 1.82) is 0 Å². The Morgan fingerprint density at radius 2 is 1.82 bits per heavy atom. The van der Waals surface area contributed by atoms with Gasteiger partial charge < -0.3 is 9.80 Å². The molecular formula is C17H24N4O. The summed E-state index contributed by atoms with van der Waals surface area (Å²) in [6.07, 6.45) is 10.7. The van der Waals surface area contributed by atoms with E-state index in [0.717, 1.165) is 64.1 Å². The predicted octanol–water partition coefficient (Wildman–Crippen LogP) is 1.95. The van der Waals surface area contributed by atoms with Crippen LogP contribution in [0.15, 0.2) is 6.20 Å². The van der Waals surface area contributed by atoms with Gasteiger partial charge in [-0.3, -0.25) is 4.79 Å². The number of hydrogen-bond donors (Lipinski definition) is 0. The van der Waals surface area contributed by atoms with Crippen LogP contribution in [0, 0.1) is 0 Å².